The fourth-order valence-electron chi connectivity index (χ4n) is 3.49. The third kappa shape index (κ3) is 4.91. The van der Waals surface area contributed by atoms with Crippen LogP contribution in [-0.2, 0) is 22.3 Å². The second-order valence-corrected chi connectivity index (χ2v) is 6.92. The quantitative estimate of drug-likeness (QED) is 0.692. The number of nitrogens with zero attached hydrogens (tertiary/aromatic N) is 2. The van der Waals surface area contributed by atoms with Crippen LogP contribution in [0.2, 0.25) is 0 Å². The second kappa shape index (κ2) is 9.15. The smallest absolute Gasteiger partial charge is 0.416 e. The summed E-state index contributed by atoms with van der Waals surface area (Å²) in [6, 6.07) is 3.54. The molecule has 0 aliphatic carbocycles. The van der Waals surface area contributed by atoms with Crippen LogP contribution >= 0.6 is 0 Å². The van der Waals surface area contributed by atoms with E-state index in [-0.39, 0.29) is 30.8 Å². The molecule has 1 N–H and O–H groups in total. The van der Waals surface area contributed by atoms with Gasteiger partial charge in [0.25, 0.3) is 0 Å². The predicted molar refractivity (Wildman–Crippen MR) is 99.5 cm³/mol. The van der Waals surface area contributed by atoms with Crippen LogP contribution in [0.5, 0.6) is 5.75 Å². The Morgan fingerprint density at radius 2 is 2.03 bits per heavy atom. The van der Waals surface area contributed by atoms with Gasteiger partial charge >= 0.3 is 6.18 Å². The van der Waals surface area contributed by atoms with E-state index < -0.39 is 18.3 Å². The van der Waals surface area contributed by atoms with Crippen molar-refractivity contribution < 1.29 is 32.5 Å². The third-order valence-electron chi connectivity index (χ3n) is 4.88. The summed E-state index contributed by atoms with van der Waals surface area (Å²) in [4.78, 5) is 0. The molecule has 9 heteroatoms. The first kappa shape index (κ1) is 21.6. The van der Waals surface area contributed by atoms with Crippen molar-refractivity contribution >= 4 is 0 Å². The molecule has 1 aliphatic rings. The molecule has 0 bridgehead atoms. The lowest BCUT2D eigenvalue weighted by molar-refractivity contribution is -0.137. The van der Waals surface area contributed by atoms with Crippen molar-refractivity contribution in [3.05, 3.63) is 35.2 Å². The number of methoxy groups -OCH3 is 1. The second-order valence-electron chi connectivity index (χ2n) is 6.92. The molecule has 1 unspecified atom stereocenters. The van der Waals surface area contributed by atoms with E-state index >= 15 is 0 Å². The number of aromatic nitrogens is 2. The first-order chi connectivity index (χ1) is 13.8. The maximum atomic E-state index is 13.5. The lowest BCUT2D eigenvalue weighted by atomic mass is 10.00. The molecule has 1 aliphatic heterocycles. The van der Waals surface area contributed by atoms with Crippen molar-refractivity contribution in [1.29, 1.82) is 0 Å². The van der Waals surface area contributed by atoms with E-state index in [4.69, 9.17) is 14.2 Å². The van der Waals surface area contributed by atoms with E-state index in [2.05, 4.69) is 5.10 Å². The molecule has 1 aromatic heterocycles. The summed E-state index contributed by atoms with van der Waals surface area (Å²) in [5, 5.41) is 14.2. The topological polar surface area (TPSA) is 65.7 Å². The van der Waals surface area contributed by atoms with Gasteiger partial charge in [0.2, 0.25) is 0 Å². The van der Waals surface area contributed by atoms with Crippen molar-refractivity contribution in [1.82, 2.24) is 9.78 Å². The van der Waals surface area contributed by atoms with Gasteiger partial charge in [0.1, 0.15) is 18.6 Å². The zero-order valence-corrected chi connectivity index (χ0v) is 16.5. The number of ether oxygens (including phenoxy) is 3. The van der Waals surface area contributed by atoms with Gasteiger partial charge in [0, 0.05) is 25.0 Å². The van der Waals surface area contributed by atoms with Gasteiger partial charge in [-0.05, 0) is 49.9 Å². The Hall–Kier alpha value is -2.10. The van der Waals surface area contributed by atoms with Gasteiger partial charge in [-0.1, -0.05) is 0 Å². The molecule has 1 saturated heterocycles. The van der Waals surface area contributed by atoms with E-state index in [0.29, 0.717) is 23.6 Å². The monoisotopic (exact) mass is 414 g/mol. The number of benzene rings is 1. The molecule has 0 amide bonds. The Balaban J connectivity index is 2.06. The summed E-state index contributed by atoms with van der Waals surface area (Å²) in [5.74, 6) is 0.0804. The lowest BCUT2D eigenvalue weighted by Crippen LogP contribution is -2.20. The van der Waals surface area contributed by atoms with E-state index in [1.807, 2.05) is 0 Å². The van der Waals surface area contributed by atoms with Gasteiger partial charge in [-0.2, -0.15) is 18.3 Å². The zero-order chi connectivity index (χ0) is 21.0. The van der Waals surface area contributed by atoms with Crippen LogP contribution in [0.15, 0.2) is 18.2 Å². The average Bonchev–Trinajstić information content (AvgIpc) is 3.04. The standard InChI is InChI=1S/C20H25F3N2O4/c1-13-19(17(12-26)24-25(13)18-5-3-4-6-29-18)14-9-15(20(21,22)23)11-16(10-14)28-8-7-27-2/h9-11,18,26H,3-8,12H2,1-2H3. The molecule has 1 fully saturated rings. The third-order valence-corrected chi connectivity index (χ3v) is 4.88. The minimum absolute atomic E-state index is 0.0804. The van der Waals surface area contributed by atoms with Gasteiger partial charge < -0.3 is 19.3 Å². The highest BCUT2D eigenvalue weighted by Gasteiger charge is 2.32. The Kier molecular flexibility index (Phi) is 6.81. The minimum Gasteiger partial charge on any atom is -0.491 e. The summed E-state index contributed by atoms with van der Waals surface area (Å²) in [6.45, 7) is 2.35. The van der Waals surface area contributed by atoms with Gasteiger partial charge in [-0.25, -0.2) is 4.68 Å². The number of rotatable bonds is 7. The maximum absolute atomic E-state index is 13.5. The number of aliphatic hydroxyl groups excluding tert-OH is 1. The summed E-state index contributed by atoms with van der Waals surface area (Å²) in [7, 11) is 1.49. The van der Waals surface area contributed by atoms with Crippen molar-refractivity contribution in [3.63, 3.8) is 0 Å². The van der Waals surface area contributed by atoms with Gasteiger partial charge in [0.15, 0.2) is 0 Å². The molecule has 1 atom stereocenters. The number of aliphatic hydroxyl groups is 1. The largest absolute Gasteiger partial charge is 0.491 e. The van der Waals surface area contributed by atoms with Gasteiger partial charge in [-0.3, -0.25) is 0 Å². The van der Waals surface area contributed by atoms with Crippen molar-refractivity contribution in [2.24, 2.45) is 0 Å². The summed E-state index contributed by atoms with van der Waals surface area (Å²) in [6.07, 6.45) is -2.11. The minimum atomic E-state index is -4.54. The molecule has 6 nitrogen and oxygen atoms in total. The van der Waals surface area contributed by atoms with Crippen LogP contribution < -0.4 is 4.74 Å². The van der Waals surface area contributed by atoms with E-state index in [1.54, 1.807) is 11.6 Å². The molecule has 2 aromatic rings. The Labute approximate surface area is 167 Å². The number of hydrogen-bond donors (Lipinski definition) is 1. The molecular weight excluding hydrogens is 389 g/mol. The lowest BCUT2D eigenvalue weighted by Gasteiger charge is -2.24. The first-order valence-corrected chi connectivity index (χ1v) is 9.50. The molecule has 0 radical (unpaired) electrons. The zero-order valence-electron chi connectivity index (χ0n) is 16.5. The van der Waals surface area contributed by atoms with E-state index in [0.717, 1.165) is 31.4 Å². The molecule has 160 valence electrons. The Morgan fingerprint density at radius 1 is 1.24 bits per heavy atom. The van der Waals surface area contributed by atoms with Gasteiger partial charge in [-0.15, -0.1) is 0 Å². The fourth-order valence-corrected chi connectivity index (χ4v) is 3.49. The number of halogens is 3. The molecule has 2 heterocycles. The highest BCUT2D eigenvalue weighted by Crippen LogP contribution is 2.38. The highest BCUT2D eigenvalue weighted by molar-refractivity contribution is 5.71. The average molecular weight is 414 g/mol. The van der Waals surface area contributed by atoms with Crippen LogP contribution in [0.4, 0.5) is 13.2 Å². The van der Waals surface area contributed by atoms with E-state index in [1.165, 1.54) is 13.2 Å². The van der Waals surface area contributed by atoms with Crippen molar-refractivity contribution in [2.45, 2.75) is 45.2 Å². The molecule has 0 spiro atoms. The number of hydrogen-bond acceptors (Lipinski definition) is 5. The van der Waals surface area contributed by atoms with Crippen LogP contribution in [0, 0.1) is 6.92 Å². The molecule has 29 heavy (non-hydrogen) atoms. The van der Waals surface area contributed by atoms with Crippen LogP contribution in [0.3, 0.4) is 0 Å². The molecule has 3 rings (SSSR count). The highest BCUT2D eigenvalue weighted by atomic mass is 19.4. The summed E-state index contributed by atoms with van der Waals surface area (Å²) in [5.41, 5.74) is 0.870. The molecule has 1 aromatic carbocycles. The Bertz CT molecular complexity index is 830. The van der Waals surface area contributed by atoms with E-state index in [9.17, 15) is 18.3 Å². The maximum Gasteiger partial charge on any atom is 0.416 e. The van der Waals surface area contributed by atoms with Crippen LogP contribution in [0.25, 0.3) is 11.1 Å². The van der Waals surface area contributed by atoms with Crippen molar-refractivity contribution in [3.8, 4) is 16.9 Å². The summed E-state index contributed by atoms with van der Waals surface area (Å²) < 4.78 is 58.1. The summed E-state index contributed by atoms with van der Waals surface area (Å²) >= 11 is 0. The fraction of sp³-hybridized carbons (Fsp3) is 0.550. The normalized spacial score (nSPS) is 17.5. The Morgan fingerprint density at radius 3 is 2.66 bits per heavy atom. The SMILES string of the molecule is COCCOc1cc(-c2c(CO)nn(C3CCCCO3)c2C)cc(C(F)(F)F)c1. The van der Waals surface area contributed by atoms with Crippen LogP contribution in [0.1, 0.15) is 42.4 Å². The predicted octanol–water partition coefficient (Wildman–Crippen LogP) is 4.09. The van der Waals surface area contributed by atoms with Crippen molar-refractivity contribution in [2.75, 3.05) is 26.9 Å². The first-order valence-electron chi connectivity index (χ1n) is 9.50. The van der Waals surface area contributed by atoms with Crippen LogP contribution in [-0.4, -0.2) is 41.8 Å². The molecular formula is C20H25F3N2O4. The number of alkyl halides is 3. The van der Waals surface area contributed by atoms with Gasteiger partial charge in [0.05, 0.1) is 24.5 Å². The molecule has 0 saturated carbocycles.